The van der Waals surface area contributed by atoms with Crippen molar-refractivity contribution in [1.29, 1.82) is 0 Å². The van der Waals surface area contributed by atoms with Crippen LogP contribution in [0.2, 0.25) is 0 Å². The van der Waals surface area contributed by atoms with E-state index in [-0.39, 0.29) is 5.92 Å². The molecule has 0 aliphatic rings. The zero-order chi connectivity index (χ0) is 14.1. The predicted octanol–water partition coefficient (Wildman–Crippen LogP) is 4.05. The molecule has 0 aromatic heterocycles. The van der Waals surface area contributed by atoms with Gasteiger partial charge in [-0.3, -0.25) is 0 Å². The van der Waals surface area contributed by atoms with Crippen molar-refractivity contribution in [2.45, 2.75) is 13.3 Å². The summed E-state index contributed by atoms with van der Waals surface area (Å²) in [6.07, 6.45) is 9.36. The van der Waals surface area contributed by atoms with Gasteiger partial charge >= 0.3 is 0 Å². The van der Waals surface area contributed by atoms with Crippen molar-refractivity contribution >= 4 is 12.4 Å². The first-order valence-electron chi connectivity index (χ1n) is 6.26. The lowest BCUT2D eigenvalue weighted by Gasteiger charge is -2.02. The number of ether oxygens (including phenoxy) is 1. The fraction of sp³-hybridized carbons (Fsp3) is 0.235. The van der Waals surface area contributed by atoms with Gasteiger partial charge in [0.25, 0.3) is 0 Å². The molecule has 0 fully saturated rings. The summed E-state index contributed by atoms with van der Waals surface area (Å²) in [5, 5.41) is 0. The molecule has 0 heterocycles. The number of allylic oxidation sites excluding steroid dienone is 4. The van der Waals surface area contributed by atoms with Crippen LogP contribution in [0.5, 0.6) is 5.75 Å². The molecule has 2 nitrogen and oxygen atoms in total. The van der Waals surface area contributed by atoms with Crippen LogP contribution in [0.3, 0.4) is 0 Å². The lowest BCUT2D eigenvalue weighted by molar-refractivity contribution is -0.109. The number of carbonyl (C=O) groups excluding carboxylic acids is 1. The summed E-state index contributed by atoms with van der Waals surface area (Å²) in [4.78, 5) is 11.0. The van der Waals surface area contributed by atoms with Crippen LogP contribution in [0.25, 0.3) is 6.08 Å². The molecule has 19 heavy (non-hydrogen) atoms. The van der Waals surface area contributed by atoms with E-state index in [9.17, 15) is 4.79 Å². The summed E-state index contributed by atoms with van der Waals surface area (Å²) in [6, 6.07) is 7.80. The van der Waals surface area contributed by atoms with Gasteiger partial charge in [0.05, 0.1) is 7.11 Å². The molecule has 0 N–H and O–H groups in total. The topological polar surface area (TPSA) is 26.3 Å². The fourth-order valence-corrected chi connectivity index (χ4v) is 1.64. The van der Waals surface area contributed by atoms with E-state index >= 15 is 0 Å². The van der Waals surface area contributed by atoms with Crippen LogP contribution < -0.4 is 4.74 Å². The maximum atomic E-state index is 11.0. The fourth-order valence-electron chi connectivity index (χ4n) is 1.64. The summed E-state index contributed by atoms with van der Waals surface area (Å²) >= 11 is 0. The van der Waals surface area contributed by atoms with Gasteiger partial charge in [-0.05, 0) is 31.0 Å². The minimum absolute atomic E-state index is 0.0903. The highest BCUT2D eigenvalue weighted by Gasteiger charge is 2.00. The molecule has 0 aliphatic carbocycles. The second-order valence-electron chi connectivity index (χ2n) is 4.33. The third-order valence-electron chi connectivity index (χ3n) is 2.81. The molecule has 100 valence electrons. The SMILES string of the molecule is C=C/C(C)=C/C(C=O)C/C=C/c1ccc(OC)cc1. The van der Waals surface area contributed by atoms with Crippen LogP contribution in [0, 0.1) is 5.92 Å². The van der Waals surface area contributed by atoms with E-state index in [1.165, 1.54) is 0 Å². The van der Waals surface area contributed by atoms with Crippen LogP contribution in [-0.2, 0) is 4.79 Å². The number of methoxy groups -OCH3 is 1. The first-order chi connectivity index (χ1) is 9.19. The smallest absolute Gasteiger partial charge is 0.127 e. The van der Waals surface area contributed by atoms with E-state index in [1.54, 1.807) is 13.2 Å². The van der Waals surface area contributed by atoms with Gasteiger partial charge in [-0.1, -0.05) is 48.6 Å². The number of hydrogen-bond acceptors (Lipinski definition) is 2. The average molecular weight is 256 g/mol. The van der Waals surface area contributed by atoms with Crippen molar-refractivity contribution in [1.82, 2.24) is 0 Å². The summed E-state index contributed by atoms with van der Waals surface area (Å²) in [5.74, 6) is 0.750. The highest BCUT2D eigenvalue weighted by Crippen LogP contribution is 2.14. The first kappa shape index (κ1) is 15.0. The maximum absolute atomic E-state index is 11.0. The quantitative estimate of drug-likeness (QED) is 0.543. The summed E-state index contributed by atoms with van der Waals surface area (Å²) < 4.78 is 5.10. The largest absolute Gasteiger partial charge is 0.497 e. The van der Waals surface area contributed by atoms with Crippen molar-refractivity contribution in [2.24, 2.45) is 5.92 Å². The standard InChI is InChI=1S/C17H20O2/c1-4-14(2)12-16(13-18)7-5-6-15-8-10-17(19-3)11-9-15/h4-6,8-13,16H,1,7H2,2-3H3/b6-5+,14-12+. The Morgan fingerprint density at radius 3 is 2.58 bits per heavy atom. The Morgan fingerprint density at radius 2 is 2.05 bits per heavy atom. The minimum atomic E-state index is -0.0903. The second kappa shape index (κ2) is 8.09. The summed E-state index contributed by atoms with van der Waals surface area (Å²) in [6.45, 7) is 5.62. The third kappa shape index (κ3) is 5.38. The minimum Gasteiger partial charge on any atom is -0.497 e. The molecular weight excluding hydrogens is 236 g/mol. The molecular formula is C17H20O2. The Hall–Kier alpha value is -2.09. The average Bonchev–Trinajstić information content (AvgIpc) is 2.46. The molecule has 0 bridgehead atoms. The van der Waals surface area contributed by atoms with E-state index < -0.39 is 0 Å². The summed E-state index contributed by atoms with van der Waals surface area (Å²) in [7, 11) is 1.65. The molecule has 0 aliphatic heterocycles. The highest BCUT2D eigenvalue weighted by atomic mass is 16.5. The Balaban J connectivity index is 2.60. The first-order valence-corrected chi connectivity index (χ1v) is 6.26. The van der Waals surface area contributed by atoms with E-state index in [2.05, 4.69) is 6.58 Å². The Labute approximate surface area is 115 Å². The molecule has 0 saturated heterocycles. The number of aldehydes is 1. The van der Waals surface area contributed by atoms with Crippen LogP contribution in [0.1, 0.15) is 18.9 Å². The molecule has 1 aromatic rings. The zero-order valence-corrected chi connectivity index (χ0v) is 11.5. The van der Waals surface area contributed by atoms with E-state index in [0.29, 0.717) is 6.42 Å². The molecule has 0 saturated carbocycles. The van der Waals surface area contributed by atoms with Gasteiger partial charge in [-0.25, -0.2) is 0 Å². The van der Waals surface area contributed by atoms with Crippen LogP contribution in [0.15, 0.2) is 54.6 Å². The number of benzene rings is 1. The van der Waals surface area contributed by atoms with Crippen LogP contribution in [-0.4, -0.2) is 13.4 Å². The van der Waals surface area contributed by atoms with Crippen molar-refractivity contribution in [2.75, 3.05) is 7.11 Å². The van der Waals surface area contributed by atoms with E-state index in [4.69, 9.17) is 4.74 Å². The number of carbonyl (C=O) groups is 1. The van der Waals surface area contributed by atoms with Gasteiger partial charge in [0.2, 0.25) is 0 Å². The molecule has 1 rings (SSSR count). The van der Waals surface area contributed by atoms with E-state index in [0.717, 1.165) is 23.2 Å². The van der Waals surface area contributed by atoms with Crippen LogP contribution in [0.4, 0.5) is 0 Å². The monoisotopic (exact) mass is 256 g/mol. The summed E-state index contributed by atoms with van der Waals surface area (Å²) in [5.41, 5.74) is 2.12. The van der Waals surface area contributed by atoms with Gasteiger partial charge in [-0.2, -0.15) is 0 Å². The maximum Gasteiger partial charge on any atom is 0.127 e. The molecule has 2 heteroatoms. The van der Waals surface area contributed by atoms with Gasteiger partial charge in [0.1, 0.15) is 12.0 Å². The number of rotatable bonds is 7. The Bertz CT molecular complexity index is 467. The molecule has 1 aromatic carbocycles. The Morgan fingerprint density at radius 1 is 1.37 bits per heavy atom. The van der Waals surface area contributed by atoms with Gasteiger partial charge in [-0.15, -0.1) is 0 Å². The van der Waals surface area contributed by atoms with Crippen molar-refractivity contribution < 1.29 is 9.53 Å². The molecule has 0 amide bonds. The van der Waals surface area contributed by atoms with Crippen molar-refractivity contribution in [3.8, 4) is 5.75 Å². The van der Waals surface area contributed by atoms with Gasteiger partial charge < -0.3 is 9.53 Å². The zero-order valence-electron chi connectivity index (χ0n) is 11.5. The van der Waals surface area contributed by atoms with Crippen molar-refractivity contribution in [3.05, 3.63) is 60.2 Å². The van der Waals surface area contributed by atoms with Crippen LogP contribution >= 0.6 is 0 Å². The number of hydrogen-bond donors (Lipinski definition) is 0. The lowest BCUT2D eigenvalue weighted by Crippen LogP contribution is -1.96. The normalized spacial score (nSPS) is 13.3. The molecule has 0 radical (unpaired) electrons. The highest BCUT2D eigenvalue weighted by molar-refractivity contribution is 5.59. The third-order valence-corrected chi connectivity index (χ3v) is 2.81. The predicted molar refractivity (Wildman–Crippen MR) is 80.2 cm³/mol. The van der Waals surface area contributed by atoms with Gasteiger partial charge in [0.15, 0.2) is 0 Å². The van der Waals surface area contributed by atoms with Crippen molar-refractivity contribution in [3.63, 3.8) is 0 Å². The lowest BCUT2D eigenvalue weighted by atomic mass is 10.0. The molecule has 0 spiro atoms. The molecule has 1 unspecified atom stereocenters. The Kier molecular flexibility index (Phi) is 6.37. The van der Waals surface area contributed by atoms with E-state index in [1.807, 2.05) is 49.4 Å². The van der Waals surface area contributed by atoms with Gasteiger partial charge in [0, 0.05) is 5.92 Å². The second-order valence-corrected chi connectivity index (χ2v) is 4.33. The molecule has 1 atom stereocenters.